The highest BCUT2D eigenvalue weighted by atomic mass is 35.5. The standard InChI is InChI=1S/C18H16ClF4N5O/c1-24-28-15(29-10-18(21,22)23)11-8-25-16(26-9-11)27-17(5-2-6-17)13-7-12(20)3-4-14(13)19/h3-4,7-9H,1-2,5-6,10H2,(H,25,26,27)/b28-15-. The Morgan fingerprint density at radius 3 is 2.52 bits per heavy atom. The second kappa shape index (κ2) is 8.32. The summed E-state index contributed by atoms with van der Waals surface area (Å²) in [5.41, 5.74) is 0.0796. The first-order chi connectivity index (χ1) is 13.7. The van der Waals surface area contributed by atoms with Crippen molar-refractivity contribution in [2.75, 3.05) is 11.9 Å². The highest BCUT2D eigenvalue weighted by Gasteiger charge is 2.41. The van der Waals surface area contributed by atoms with Gasteiger partial charge in [0.15, 0.2) is 6.61 Å². The summed E-state index contributed by atoms with van der Waals surface area (Å²) in [7, 11) is 0. The Balaban J connectivity index is 1.79. The zero-order chi connectivity index (χ0) is 21.1. The van der Waals surface area contributed by atoms with Gasteiger partial charge in [-0.05, 0) is 43.0 Å². The van der Waals surface area contributed by atoms with Gasteiger partial charge in [-0.1, -0.05) is 11.6 Å². The maximum Gasteiger partial charge on any atom is 0.422 e. The Kier molecular flexibility index (Phi) is 6.02. The van der Waals surface area contributed by atoms with Crippen LogP contribution in [-0.4, -0.2) is 35.4 Å². The third kappa shape index (κ3) is 5.00. The molecule has 3 rings (SSSR count). The fourth-order valence-corrected chi connectivity index (χ4v) is 3.26. The number of anilines is 1. The van der Waals surface area contributed by atoms with Gasteiger partial charge in [0.1, 0.15) is 5.82 Å². The van der Waals surface area contributed by atoms with Crippen molar-refractivity contribution in [3.05, 3.63) is 52.6 Å². The highest BCUT2D eigenvalue weighted by Crippen LogP contribution is 2.46. The summed E-state index contributed by atoms with van der Waals surface area (Å²) in [5.74, 6) is -0.612. The van der Waals surface area contributed by atoms with Gasteiger partial charge >= 0.3 is 6.18 Å². The van der Waals surface area contributed by atoms with Crippen molar-refractivity contribution in [2.45, 2.75) is 31.0 Å². The lowest BCUT2D eigenvalue weighted by atomic mass is 9.72. The van der Waals surface area contributed by atoms with E-state index in [1.807, 2.05) is 0 Å². The van der Waals surface area contributed by atoms with E-state index in [4.69, 9.17) is 11.6 Å². The van der Waals surface area contributed by atoms with Crippen LogP contribution in [0.2, 0.25) is 5.02 Å². The van der Waals surface area contributed by atoms with Gasteiger partial charge < -0.3 is 10.1 Å². The van der Waals surface area contributed by atoms with Gasteiger partial charge in [0.25, 0.3) is 0 Å². The van der Waals surface area contributed by atoms with Crippen LogP contribution in [0.1, 0.15) is 30.4 Å². The van der Waals surface area contributed by atoms with Crippen LogP contribution < -0.4 is 5.32 Å². The molecule has 1 saturated carbocycles. The second-order valence-corrected chi connectivity index (χ2v) is 6.84. The first kappa shape index (κ1) is 21.0. The predicted molar refractivity (Wildman–Crippen MR) is 101 cm³/mol. The van der Waals surface area contributed by atoms with Gasteiger partial charge in [-0.15, -0.1) is 5.10 Å². The molecule has 29 heavy (non-hydrogen) atoms. The third-order valence-corrected chi connectivity index (χ3v) is 4.76. The maximum atomic E-state index is 13.7. The van der Waals surface area contributed by atoms with Crippen molar-refractivity contribution in [3.8, 4) is 0 Å². The Morgan fingerprint density at radius 1 is 1.28 bits per heavy atom. The van der Waals surface area contributed by atoms with E-state index in [2.05, 4.69) is 36.9 Å². The number of nitrogens with zero attached hydrogens (tertiary/aromatic N) is 4. The summed E-state index contributed by atoms with van der Waals surface area (Å²) in [4.78, 5) is 8.22. The maximum absolute atomic E-state index is 13.7. The average Bonchev–Trinajstić information content (AvgIpc) is 2.64. The molecular formula is C18H16ClF4N5O. The molecular weight excluding hydrogens is 414 g/mol. The molecule has 0 radical (unpaired) electrons. The van der Waals surface area contributed by atoms with Crippen molar-refractivity contribution in [3.63, 3.8) is 0 Å². The number of ether oxygens (including phenoxy) is 1. The zero-order valence-electron chi connectivity index (χ0n) is 15.0. The van der Waals surface area contributed by atoms with E-state index >= 15 is 0 Å². The number of rotatable bonds is 6. The molecule has 154 valence electrons. The molecule has 1 aliphatic carbocycles. The van der Waals surface area contributed by atoms with Gasteiger partial charge in [0.05, 0.1) is 11.1 Å². The summed E-state index contributed by atoms with van der Waals surface area (Å²) in [6.45, 7) is 1.57. The van der Waals surface area contributed by atoms with Crippen LogP contribution >= 0.6 is 11.6 Å². The van der Waals surface area contributed by atoms with E-state index in [9.17, 15) is 17.6 Å². The molecule has 1 aromatic carbocycles. The molecule has 1 fully saturated rings. The third-order valence-electron chi connectivity index (χ3n) is 4.44. The monoisotopic (exact) mass is 429 g/mol. The molecule has 2 aromatic rings. The number of nitrogens with one attached hydrogen (secondary N) is 1. The summed E-state index contributed by atoms with van der Waals surface area (Å²) < 4.78 is 55.5. The van der Waals surface area contributed by atoms with Crippen molar-refractivity contribution < 1.29 is 22.3 Å². The van der Waals surface area contributed by atoms with E-state index in [1.165, 1.54) is 30.6 Å². The summed E-state index contributed by atoms with van der Waals surface area (Å²) in [6, 6.07) is 4.13. The molecule has 0 atom stereocenters. The molecule has 1 aromatic heterocycles. The van der Waals surface area contributed by atoms with Crippen LogP contribution in [0.4, 0.5) is 23.5 Å². The summed E-state index contributed by atoms with van der Waals surface area (Å²) in [6.07, 6.45) is 0.257. The van der Waals surface area contributed by atoms with Crippen LogP contribution in [0.5, 0.6) is 0 Å². The largest absolute Gasteiger partial charge is 0.466 e. The van der Waals surface area contributed by atoms with E-state index < -0.39 is 30.0 Å². The van der Waals surface area contributed by atoms with Crippen molar-refractivity contribution in [1.29, 1.82) is 0 Å². The van der Waals surface area contributed by atoms with Gasteiger partial charge in [-0.25, -0.2) is 14.4 Å². The van der Waals surface area contributed by atoms with Gasteiger partial charge in [-0.3, -0.25) is 0 Å². The van der Waals surface area contributed by atoms with Crippen LogP contribution in [0.3, 0.4) is 0 Å². The lowest BCUT2D eigenvalue weighted by Gasteiger charge is -2.43. The fraction of sp³-hybridized carbons (Fsp3) is 0.333. The number of benzene rings is 1. The van der Waals surface area contributed by atoms with E-state index in [-0.39, 0.29) is 11.5 Å². The van der Waals surface area contributed by atoms with Crippen molar-refractivity contribution in [2.24, 2.45) is 10.2 Å². The molecule has 1 aliphatic rings. The lowest BCUT2D eigenvalue weighted by molar-refractivity contribution is -0.156. The van der Waals surface area contributed by atoms with Gasteiger partial charge in [0.2, 0.25) is 11.8 Å². The zero-order valence-corrected chi connectivity index (χ0v) is 15.8. The topological polar surface area (TPSA) is 71.8 Å². The second-order valence-electron chi connectivity index (χ2n) is 6.43. The van der Waals surface area contributed by atoms with E-state index in [0.29, 0.717) is 23.4 Å². The Bertz CT molecular complexity index is 913. The Labute approximate surface area is 168 Å². The van der Waals surface area contributed by atoms with Gasteiger partial charge in [0, 0.05) is 24.1 Å². The van der Waals surface area contributed by atoms with Crippen LogP contribution in [-0.2, 0) is 10.3 Å². The van der Waals surface area contributed by atoms with Crippen molar-refractivity contribution >= 4 is 30.2 Å². The average molecular weight is 430 g/mol. The first-order valence-corrected chi connectivity index (χ1v) is 8.90. The molecule has 11 heteroatoms. The lowest BCUT2D eigenvalue weighted by Crippen LogP contribution is -2.43. The number of hydrogen-bond donors (Lipinski definition) is 1. The number of aromatic nitrogens is 2. The van der Waals surface area contributed by atoms with Crippen LogP contribution in [0, 0.1) is 5.82 Å². The molecule has 0 spiro atoms. The van der Waals surface area contributed by atoms with Crippen molar-refractivity contribution in [1.82, 2.24) is 9.97 Å². The van der Waals surface area contributed by atoms with Crippen LogP contribution in [0.25, 0.3) is 0 Å². The van der Waals surface area contributed by atoms with E-state index in [0.717, 1.165) is 6.42 Å². The molecule has 0 saturated heterocycles. The predicted octanol–water partition coefficient (Wildman–Crippen LogP) is 4.70. The van der Waals surface area contributed by atoms with E-state index in [1.54, 1.807) is 0 Å². The minimum atomic E-state index is -4.54. The minimum absolute atomic E-state index is 0.0960. The minimum Gasteiger partial charge on any atom is -0.466 e. The quantitative estimate of drug-likeness (QED) is 0.312. The Morgan fingerprint density at radius 2 is 1.97 bits per heavy atom. The number of alkyl halides is 3. The molecule has 1 heterocycles. The summed E-state index contributed by atoms with van der Waals surface area (Å²) >= 11 is 6.24. The molecule has 0 unspecified atom stereocenters. The number of hydrogen-bond acceptors (Lipinski definition) is 6. The van der Waals surface area contributed by atoms with Gasteiger partial charge in [-0.2, -0.15) is 18.3 Å². The molecule has 6 nitrogen and oxygen atoms in total. The number of halogens is 5. The molecule has 0 aliphatic heterocycles. The first-order valence-electron chi connectivity index (χ1n) is 8.52. The Hall–Kier alpha value is -2.75. The molecule has 0 amide bonds. The molecule has 1 N–H and O–H groups in total. The smallest absolute Gasteiger partial charge is 0.422 e. The fourth-order valence-electron chi connectivity index (χ4n) is 2.96. The summed E-state index contributed by atoms with van der Waals surface area (Å²) in [5, 5.41) is 10.2. The normalized spacial score (nSPS) is 16.1. The SMILES string of the molecule is C=N/N=C(\OCC(F)(F)F)c1cnc(NC2(c3cc(F)ccc3Cl)CCC2)nc1. The van der Waals surface area contributed by atoms with Crippen LogP contribution in [0.15, 0.2) is 40.8 Å². The highest BCUT2D eigenvalue weighted by molar-refractivity contribution is 6.31. The molecule has 0 bridgehead atoms.